The van der Waals surface area contributed by atoms with Gasteiger partial charge in [0.25, 0.3) is 0 Å². The topological polar surface area (TPSA) is 16.4 Å². The Balaban J connectivity index is 0.829. The second-order valence-corrected chi connectivity index (χ2v) is 17.6. The second kappa shape index (κ2) is 16.5. The van der Waals surface area contributed by atoms with Crippen LogP contribution in [0.15, 0.2) is 265 Å². The summed E-state index contributed by atoms with van der Waals surface area (Å²) in [6.45, 7) is 0. The van der Waals surface area contributed by atoms with Gasteiger partial charge in [-0.2, -0.15) is 0 Å². The normalized spacial score (nSPS) is 11.5. The first-order valence-corrected chi connectivity index (χ1v) is 23.3. The molecule has 1 heterocycles. The summed E-state index contributed by atoms with van der Waals surface area (Å²) >= 11 is 0. The molecule has 2 heteroatoms. The van der Waals surface area contributed by atoms with Crippen LogP contribution in [-0.4, -0.2) is 0 Å². The molecule has 0 radical (unpaired) electrons. The van der Waals surface area contributed by atoms with Crippen molar-refractivity contribution in [1.82, 2.24) is 0 Å². The minimum absolute atomic E-state index is 0.903. The maximum atomic E-state index is 6.44. The summed E-state index contributed by atoms with van der Waals surface area (Å²) in [6.07, 6.45) is 0. The Labute approximate surface area is 395 Å². The number of hydrogen-bond acceptors (Lipinski definition) is 2. The fraction of sp³-hybridized carbons (Fsp3) is 0. The third-order valence-electron chi connectivity index (χ3n) is 13.7. The van der Waals surface area contributed by atoms with Gasteiger partial charge in [0, 0.05) is 33.4 Å². The lowest BCUT2D eigenvalue weighted by atomic mass is 9.92. The quantitative estimate of drug-likeness (QED) is 0.142. The van der Waals surface area contributed by atoms with Crippen LogP contribution >= 0.6 is 0 Å². The van der Waals surface area contributed by atoms with Gasteiger partial charge < -0.3 is 9.32 Å². The number of rotatable bonds is 8. The Morgan fingerprint density at radius 2 is 0.574 bits per heavy atom. The van der Waals surface area contributed by atoms with Crippen LogP contribution in [0.4, 0.5) is 17.1 Å². The molecule has 0 N–H and O–H groups in total. The highest BCUT2D eigenvalue weighted by atomic mass is 16.3. The molecular formula is C66H43NO. The molecule has 2 nitrogen and oxygen atoms in total. The largest absolute Gasteiger partial charge is 0.455 e. The number of benzene rings is 12. The first-order chi connectivity index (χ1) is 33.7. The molecule has 0 bridgehead atoms. The Bertz CT molecular complexity index is 3930. The molecule has 1 aromatic heterocycles. The zero-order valence-corrected chi connectivity index (χ0v) is 37.2. The van der Waals surface area contributed by atoms with Gasteiger partial charge in [0.15, 0.2) is 0 Å². The highest BCUT2D eigenvalue weighted by Gasteiger charge is 2.17. The van der Waals surface area contributed by atoms with E-state index < -0.39 is 0 Å². The smallest absolute Gasteiger partial charge is 0.143 e. The van der Waals surface area contributed by atoms with Crippen molar-refractivity contribution < 1.29 is 4.42 Å². The molecule has 0 unspecified atom stereocenters. The lowest BCUT2D eigenvalue weighted by Gasteiger charge is -2.26. The molecule has 318 valence electrons. The van der Waals surface area contributed by atoms with Gasteiger partial charge in [-0.15, -0.1) is 0 Å². The van der Waals surface area contributed by atoms with Gasteiger partial charge in [-0.1, -0.05) is 212 Å². The van der Waals surface area contributed by atoms with E-state index in [2.05, 4.69) is 254 Å². The molecule has 0 aliphatic heterocycles. The zero-order valence-electron chi connectivity index (χ0n) is 37.2. The Kier molecular flexibility index (Phi) is 9.54. The van der Waals surface area contributed by atoms with E-state index in [9.17, 15) is 0 Å². The van der Waals surface area contributed by atoms with Crippen molar-refractivity contribution in [3.05, 3.63) is 261 Å². The van der Waals surface area contributed by atoms with Gasteiger partial charge in [0.2, 0.25) is 0 Å². The summed E-state index contributed by atoms with van der Waals surface area (Å²) in [5, 5.41) is 10.0. The Morgan fingerprint density at radius 1 is 0.221 bits per heavy atom. The number of hydrogen-bond donors (Lipinski definition) is 0. The number of anilines is 3. The van der Waals surface area contributed by atoms with Crippen LogP contribution in [0.5, 0.6) is 0 Å². The SMILES string of the molecule is c1ccc(-c2ccc(-c3ccc(N(c4ccc(-c5ccc(-c6ccc7c8ccccc8c8ccccc8c7c6)cc5)cc4)c4ccc(-c5cccc6c5oc5ccccc56)cc4)cc3)cc2)cc1. The predicted octanol–water partition coefficient (Wildman–Crippen LogP) is 18.9. The summed E-state index contributed by atoms with van der Waals surface area (Å²) in [7, 11) is 0. The van der Waals surface area contributed by atoms with Crippen LogP contribution in [0.25, 0.3) is 110 Å². The minimum atomic E-state index is 0.903. The number of fused-ring (bicyclic) bond motifs is 9. The van der Waals surface area contributed by atoms with Crippen LogP contribution in [0.3, 0.4) is 0 Å². The van der Waals surface area contributed by atoms with Gasteiger partial charge in [0.05, 0.1) is 0 Å². The van der Waals surface area contributed by atoms with Crippen molar-refractivity contribution in [3.63, 3.8) is 0 Å². The summed E-state index contributed by atoms with van der Waals surface area (Å²) in [6, 6.07) is 94.3. The molecule has 13 rings (SSSR count). The fourth-order valence-electron chi connectivity index (χ4n) is 10.2. The van der Waals surface area contributed by atoms with Crippen molar-refractivity contribution in [2.24, 2.45) is 0 Å². The molecule has 68 heavy (non-hydrogen) atoms. The van der Waals surface area contributed by atoms with E-state index >= 15 is 0 Å². The van der Waals surface area contributed by atoms with Gasteiger partial charge in [-0.05, 0) is 131 Å². The van der Waals surface area contributed by atoms with Crippen molar-refractivity contribution in [3.8, 4) is 55.6 Å². The molecule has 12 aromatic carbocycles. The molecule has 13 aromatic rings. The zero-order chi connectivity index (χ0) is 45.0. The predicted molar refractivity (Wildman–Crippen MR) is 288 cm³/mol. The molecule has 0 atom stereocenters. The van der Waals surface area contributed by atoms with Crippen molar-refractivity contribution in [2.75, 3.05) is 4.90 Å². The molecule has 0 saturated heterocycles. The van der Waals surface area contributed by atoms with Crippen molar-refractivity contribution >= 4 is 71.3 Å². The van der Waals surface area contributed by atoms with Crippen LogP contribution in [-0.2, 0) is 0 Å². The first-order valence-electron chi connectivity index (χ1n) is 23.3. The Morgan fingerprint density at radius 3 is 1.09 bits per heavy atom. The molecule has 0 amide bonds. The van der Waals surface area contributed by atoms with Crippen molar-refractivity contribution in [1.29, 1.82) is 0 Å². The molecule has 0 aliphatic carbocycles. The molecule has 0 spiro atoms. The third kappa shape index (κ3) is 6.90. The average molecular weight is 866 g/mol. The second-order valence-electron chi connectivity index (χ2n) is 17.6. The molecule has 0 fully saturated rings. The summed E-state index contributed by atoms with van der Waals surface area (Å²) in [5.41, 5.74) is 16.8. The lowest BCUT2D eigenvalue weighted by molar-refractivity contribution is 0.670. The van der Waals surface area contributed by atoms with Crippen LogP contribution in [0, 0.1) is 0 Å². The van der Waals surface area contributed by atoms with E-state index in [0.29, 0.717) is 0 Å². The maximum Gasteiger partial charge on any atom is 0.143 e. The summed E-state index contributed by atoms with van der Waals surface area (Å²) in [4.78, 5) is 2.34. The van der Waals surface area contributed by atoms with Crippen LogP contribution in [0.2, 0.25) is 0 Å². The van der Waals surface area contributed by atoms with E-state index in [1.165, 1.54) is 76.8 Å². The lowest BCUT2D eigenvalue weighted by Crippen LogP contribution is -2.09. The number of furan rings is 1. The summed E-state index contributed by atoms with van der Waals surface area (Å²) in [5.74, 6) is 0. The van der Waals surface area contributed by atoms with Gasteiger partial charge in [0.1, 0.15) is 11.2 Å². The summed E-state index contributed by atoms with van der Waals surface area (Å²) < 4.78 is 6.44. The molecular weight excluding hydrogens is 823 g/mol. The van der Waals surface area contributed by atoms with E-state index in [4.69, 9.17) is 4.42 Å². The number of nitrogens with zero attached hydrogens (tertiary/aromatic N) is 1. The maximum absolute atomic E-state index is 6.44. The average Bonchev–Trinajstić information content (AvgIpc) is 3.81. The highest BCUT2D eigenvalue weighted by molar-refractivity contribution is 6.25. The van der Waals surface area contributed by atoms with Gasteiger partial charge in [-0.25, -0.2) is 0 Å². The molecule has 0 saturated carbocycles. The van der Waals surface area contributed by atoms with E-state index in [1.54, 1.807) is 0 Å². The van der Waals surface area contributed by atoms with Gasteiger partial charge >= 0.3 is 0 Å². The van der Waals surface area contributed by atoms with Crippen molar-refractivity contribution in [2.45, 2.75) is 0 Å². The third-order valence-corrected chi connectivity index (χ3v) is 13.7. The first kappa shape index (κ1) is 39.4. The van der Waals surface area contributed by atoms with Crippen LogP contribution < -0.4 is 4.90 Å². The standard InChI is InChI=1S/C66H43NO/c1-2-11-44(12-3-1)45-21-23-46(24-22-45)48-29-36-53(37-30-48)67(55-40-33-51(34-41-55)56-18-10-19-63-62-17-8-9-20-65(62)68-66(56)63)54-38-31-49(32-39-54)47-25-27-50(28-26-47)52-35-42-61-59-15-5-4-13-57(59)58-14-6-7-16-60(58)64(61)43-52/h1-43H. The van der Waals surface area contributed by atoms with Crippen LogP contribution in [0.1, 0.15) is 0 Å². The van der Waals surface area contributed by atoms with E-state index in [-0.39, 0.29) is 0 Å². The molecule has 0 aliphatic rings. The minimum Gasteiger partial charge on any atom is -0.455 e. The van der Waals surface area contributed by atoms with E-state index in [0.717, 1.165) is 50.1 Å². The van der Waals surface area contributed by atoms with Gasteiger partial charge in [-0.3, -0.25) is 0 Å². The number of para-hydroxylation sites is 2. The fourth-order valence-corrected chi connectivity index (χ4v) is 10.2. The van der Waals surface area contributed by atoms with E-state index in [1.807, 2.05) is 12.1 Å². The highest BCUT2D eigenvalue weighted by Crippen LogP contribution is 2.41. The Hall–Kier alpha value is -8.98. The monoisotopic (exact) mass is 865 g/mol.